The van der Waals surface area contributed by atoms with Crippen molar-refractivity contribution in [1.29, 1.82) is 0 Å². The zero-order chi connectivity index (χ0) is 17.6. The Balaban J connectivity index is 1.99. The first-order valence-corrected chi connectivity index (χ1v) is 7.77. The van der Waals surface area contributed by atoms with Crippen LogP contribution in [0.2, 0.25) is 10.0 Å². The van der Waals surface area contributed by atoms with Crippen molar-refractivity contribution in [2.45, 2.75) is 0 Å². The van der Waals surface area contributed by atoms with Gasteiger partial charge < -0.3 is 5.32 Å². The normalized spacial score (nSPS) is 11.1. The number of hydrogen-bond donors (Lipinski definition) is 1. The molecule has 0 spiro atoms. The van der Waals surface area contributed by atoms with Crippen molar-refractivity contribution in [3.05, 3.63) is 63.3 Å². The monoisotopic (exact) mass is 374 g/mol. The van der Waals surface area contributed by atoms with Crippen molar-refractivity contribution < 1.29 is 4.92 Å². The van der Waals surface area contributed by atoms with Crippen LogP contribution in [-0.4, -0.2) is 24.3 Å². The Morgan fingerprint density at radius 1 is 1.12 bits per heavy atom. The molecule has 1 aromatic carbocycles. The largest absolute Gasteiger partial charge is 0.336 e. The van der Waals surface area contributed by atoms with E-state index in [1.54, 1.807) is 22.7 Å². The maximum Gasteiger partial charge on any atom is 0.295 e. The van der Waals surface area contributed by atoms with Crippen LogP contribution >= 0.6 is 23.2 Å². The minimum Gasteiger partial charge on any atom is -0.336 e. The van der Waals surface area contributed by atoms with Gasteiger partial charge in [-0.2, -0.15) is 0 Å². The summed E-state index contributed by atoms with van der Waals surface area (Å²) in [5.41, 5.74) is 1.73. The van der Waals surface area contributed by atoms with E-state index < -0.39 is 4.92 Å². The van der Waals surface area contributed by atoms with Crippen molar-refractivity contribution >= 4 is 56.9 Å². The number of rotatable bonds is 3. The van der Waals surface area contributed by atoms with E-state index in [-0.39, 0.29) is 5.69 Å². The molecule has 0 aliphatic rings. The molecule has 4 rings (SSSR count). The molecule has 0 bridgehead atoms. The summed E-state index contributed by atoms with van der Waals surface area (Å²) in [6.45, 7) is 0. The molecule has 0 fully saturated rings. The highest BCUT2D eigenvalue weighted by Gasteiger charge is 2.19. The number of nitro groups is 1. The average molecular weight is 375 g/mol. The first kappa shape index (κ1) is 15.6. The maximum absolute atomic E-state index is 11.3. The van der Waals surface area contributed by atoms with Crippen molar-refractivity contribution in [2.75, 3.05) is 5.32 Å². The molecule has 3 aromatic heterocycles. The molecule has 4 aromatic rings. The van der Waals surface area contributed by atoms with E-state index in [2.05, 4.69) is 20.3 Å². The lowest BCUT2D eigenvalue weighted by atomic mass is 10.2. The number of hydrogen-bond acceptors (Lipinski definition) is 6. The second-order valence-corrected chi connectivity index (χ2v) is 5.93. The summed E-state index contributed by atoms with van der Waals surface area (Å²) in [7, 11) is 0. The second-order valence-electron chi connectivity index (χ2n) is 5.11. The highest BCUT2D eigenvalue weighted by atomic mass is 35.5. The lowest BCUT2D eigenvalue weighted by molar-refractivity contribution is -0.383. The molecule has 0 saturated carbocycles. The van der Waals surface area contributed by atoms with Gasteiger partial charge in [0.1, 0.15) is 11.8 Å². The minimum atomic E-state index is -0.451. The third-order valence-corrected chi connectivity index (χ3v) is 4.21. The summed E-state index contributed by atoms with van der Waals surface area (Å²) in [5, 5.41) is 15.0. The molecule has 0 unspecified atom stereocenters. The van der Waals surface area contributed by atoms with E-state index >= 15 is 0 Å². The number of para-hydroxylation sites is 1. The number of halogens is 2. The summed E-state index contributed by atoms with van der Waals surface area (Å²) in [6, 6.07) is 4.68. The van der Waals surface area contributed by atoms with Gasteiger partial charge in [-0.3, -0.25) is 19.5 Å². The van der Waals surface area contributed by atoms with E-state index in [9.17, 15) is 10.1 Å². The Morgan fingerprint density at radius 2 is 1.88 bits per heavy atom. The Hall–Kier alpha value is -2.97. The summed E-state index contributed by atoms with van der Waals surface area (Å²) < 4.78 is 1.60. The van der Waals surface area contributed by atoms with Crippen LogP contribution in [0.1, 0.15) is 0 Å². The first-order valence-electron chi connectivity index (χ1n) is 7.01. The van der Waals surface area contributed by atoms with Crippen LogP contribution in [0.25, 0.3) is 16.6 Å². The number of benzene rings is 1. The minimum absolute atomic E-state index is 0.0560. The predicted octanol–water partition coefficient (Wildman–Crippen LogP) is 4.24. The maximum atomic E-state index is 11.3. The Morgan fingerprint density at radius 3 is 2.60 bits per heavy atom. The van der Waals surface area contributed by atoms with Gasteiger partial charge in [0.15, 0.2) is 11.3 Å². The zero-order valence-electron chi connectivity index (χ0n) is 12.3. The number of aromatic nitrogens is 4. The van der Waals surface area contributed by atoms with Crippen LogP contribution in [0.4, 0.5) is 17.2 Å². The molecule has 8 nitrogen and oxygen atoms in total. The summed E-state index contributed by atoms with van der Waals surface area (Å²) in [5.74, 6) is 0.417. The molecule has 10 heteroatoms. The topological polar surface area (TPSA) is 98.2 Å². The number of anilines is 2. The molecule has 0 radical (unpaired) electrons. The van der Waals surface area contributed by atoms with Crippen LogP contribution in [0, 0.1) is 10.1 Å². The average Bonchev–Trinajstić information content (AvgIpc) is 3.07. The second kappa shape index (κ2) is 5.83. The van der Waals surface area contributed by atoms with Crippen LogP contribution < -0.4 is 5.32 Å². The van der Waals surface area contributed by atoms with Crippen molar-refractivity contribution in [3.8, 4) is 0 Å². The summed E-state index contributed by atoms with van der Waals surface area (Å²) in [6.07, 6.45) is 5.95. The highest BCUT2D eigenvalue weighted by Crippen LogP contribution is 2.34. The number of nitrogens with zero attached hydrogens (tertiary/aromatic N) is 5. The Bertz CT molecular complexity index is 1120. The number of nitro benzene ring substituents is 1. The molecule has 124 valence electrons. The van der Waals surface area contributed by atoms with Gasteiger partial charge in [0.25, 0.3) is 5.69 Å². The number of fused-ring (bicyclic) bond motifs is 3. The van der Waals surface area contributed by atoms with E-state index in [4.69, 9.17) is 23.2 Å². The fourth-order valence-corrected chi connectivity index (χ4v) is 3.03. The Kier molecular flexibility index (Phi) is 3.63. The van der Waals surface area contributed by atoms with Gasteiger partial charge in [-0.15, -0.1) is 0 Å². The summed E-state index contributed by atoms with van der Waals surface area (Å²) in [4.78, 5) is 23.3. The summed E-state index contributed by atoms with van der Waals surface area (Å²) >= 11 is 12.3. The van der Waals surface area contributed by atoms with Gasteiger partial charge in [-0.1, -0.05) is 29.3 Å². The van der Waals surface area contributed by atoms with Crippen LogP contribution in [0.15, 0.2) is 43.1 Å². The highest BCUT2D eigenvalue weighted by molar-refractivity contribution is 6.39. The van der Waals surface area contributed by atoms with Crippen molar-refractivity contribution in [2.24, 2.45) is 0 Å². The third kappa shape index (κ3) is 2.51. The fraction of sp³-hybridized carbons (Fsp3) is 0. The van der Waals surface area contributed by atoms with E-state index in [1.807, 2.05) is 0 Å². The van der Waals surface area contributed by atoms with Crippen LogP contribution in [-0.2, 0) is 0 Å². The van der Waals surface area contributed by atoms with E-state index in [0.717, 1.165) is 0 Å². The number of pyridine rings is 1. The van der Waals surface area contributed by atoms with Gasteiger partial charge in [0.05, 0.1) is 32.4 Å². The SMILES string of the molecule is O=[N+]([O-])c1cccc2nc(Nc3c(Cl)cncc3Cl)c3cncn3c12. The molecule has 25 heavy (non-hydrogen) atoms. The Labute approximate surface area is 150 Å². The molecule has 3 heterocycles. The van der Waals surface area contributed by atoms with Gasteiger partial charge in [0.2, 0.25) is 0 Å². The molecular formula is C15H8Cl2N6O2. The quantitative estimate of drug-likeness (QED) is 0.425. The fourth-order valence-electron chi connectivity index (χ4n) is 2.57. The molecule has 0 amide bonds. The smallest absolute Gasteiger partial charge is 0.295 e. The van der Waals surface area contributed by atoms with Crippen molar-refractivity contribution in [3.63, 3.8) is 0 Å². The zero-order valence-corrected chi connectivity index (χ0v) is 13.9. The predicted molar refractivity (Wildman–Crippen MR) is 94.7 cm³/mol. The van der Waals surface area contributed by atoms with E-state index in [1.165, 1.54) is 24.8 Å². The molecule has 0 aliphatic heterocycles. The first-order chi connectivity index (χ1) is 12.1. The molecular weight excluding hydrogens is 367 g/mol. The molecule has 0 saturated heterocycles. The standard InChI is InChI=1S/C15H8Cl2N6O2/c16-8-4-18-5-9(17)13(8)21-15-12-6-19-7-22(12)14-10(20-15)2-1-3-11(14)23(24)25/h1-7H,(H,18,20,21). The molecule has 1 N–H and O–H groups in total. The van der Waals surface area contributed by atoms with Gasteiger partial charge >= 0.3 is 0 Å². The van der Waals surface area contributed by atoms with Gasteiger partial charge in [-0.05, 0) is 6.07 Å². The van der Waals surface area contributed by atoms with Crippen LogP contribution in [0.3, 0.4) is 0 Å². The van der Waals surface area contributed by atoms with Crippen molar-refractivity contribution in [1.82, 2.24) is 19.4 Å². The third-order valence-electron chi connectivity index (χ3n) is 3.64. The lowest BCUT2D eigenvalue weighted by Crippen LogP contribution is -2.02. The van der Waals surface area contributed by atoms with Crippen LogP contribution in [0.5, 0.6) is 0 Å². The number of nitrogens with one attached hydrogen (secondary N) is 1. The number of non-ortho nitro benzene ring substituents is 1. The lowest BCUT2D eigenvalue weighted by Gasteiger charge is -2.12. The molecule has 0 aliphatic carbocycles. The van der Waals surface area contributed by atoms with Gasteiger partial charge in [-0.25, -0.2) is 9.97 Å². The van der Waals surface area contributed by atoms with Gasteiger partial charge in [0, 0.05) is 18.5 Å². The number of imidazole rings is 1. The molecule has 0 atom stereocenters. The van der Waals surface area contributed by atoms with E-state index in [0.29, 0.717) is 38.1 Å².